The number of halogens is 2. The van der Waals surface area contributed by atoms with Gasteiger partial charge in [0.25, 0.3) is 0 Å². The predicted octanol–water partition coefficient (Wildman–Crippen LogP) is 3.64. The third-order valence-electron chi connectivity index (χ3n) is 2.45. The molecule has 1 heterocycles. The molecule has 0 radical (unpaired) electrons. The fraction of sp³-hybridized carbons (Fsp3) is 0.182. The van der Waals surface area contributed by atoms with Gasteiger partial charge in [-0.25, -0.2) is 0 Å². The Morgan fingerprint density at radius 3 is 2.88 bits per heavy atom. The van der Waals surface area contributed by atoms with Crippen LogP contribution >= 0.6 is 27.5 Å². The molecule has 0 saturated carbocycles. The molecule has 3 nitrogen and oxygen atoms in total. The molecule has 0 spiro atoms. The third kappa shape index (κ3) is 1.95. The van der Waals surface area contributed by atoms with Crippen molar-refractivity contribution in [2.45, 2.75) is 13.3 Å². The van der Waals surface area contributed by atoms with Crippen LogP contribution in [0, 0.1) is 0 Å². The SMILES string of the molecule is CCc1c(N)n[nH]c1-c1ccc(Br)cc1Cl. The zero-order valence-corrected chi connectivity index (χ0v) is 11.1. The van der Waals surface area contributed by atoms with E-state index in [2.05, 4.69) is 26.1 Å². The van der Waals surface area contributed by atoms with E-state index >= 15 is 0 Å². The van der Waals surface area contributed by atoms with Gasteiger partial charge < -0.3 is 5.73 Å². The molecule has 2 aromatic rings. The Labute approximate surface area is 107 Å². The first-order chi connectivity index (χ1) is 7.63. The van der Waals surface area contributed by atoms with Gasteiger partial charge in [0, 0.05) is 15.6 Å². The number of nitrogens with two attached hydrogens (primary N) is 1. The second-order valence-electron chi connectivity index (χ2n) is 3.44. The van der Waals surface area contributed by atoms with E-state index in [1.807, 2.05) is 25.1 Å². The molecule has 3 N–H and O–H groups in total. The molecule has 0 saturated heterocycles. The molecule has 0 fully saturated rings. The molecule has 1 aromatic heterocycles. The number of rotatable bonds is 2. The summed E-state index contributed by atoms with van der Waals surface area (Å²) in [4.78, 5) is 0. The molecular formula is C11H11BrClN3. The van der Waals surface area contributed by atoms with Gasteiger partial charge in [0.1, 0.15) is 5.82 Å². The lowest BCUT2D eigenvalue weighted by atomic mass is 10.1. The maximum atomic E-state index is 6.18. The second-order valence-corrected chi connectivity index (χ2v) is 4.76. The zero-order chi connectivity index (χ0) is 11.7. The van der Waals surface area contributed by atoms with Gasteiger partial charge in [0.15, 0.2) is 0 Å². The number of hydrogen-bond donors (Lipinski definition) is 2. The van der Waals surface area contributed by atoms with Crippen LogP contribution in [-0.2, 0) is 6.42 Å². The smallest absolute Gasteiger partial charge is 0.149 e. The van der Waals surface area contributed by atoms with Crippen LogP contribution in [0.3, 0.4) is 0 Å². The van der Waals surface area contributed by atoms with Crippen LogP contribution < -0.4 is 5.73 Å². The average Bonchev–Trinajstić information content (AvgIpc) is 2.59. The number of anilines is 1. The largest absolute Gasteiger partial charge is 0.382 e. The molecule has 0 aliphatic rings. The Balaban J connectivity index is 2.58. The Hall–Kier alpha value is -1.000. The predicted molar refractivity (Wildman–Crippen MR) is 70.5 cm³/mol. The monoisotopic (exact) mass is 299 g/mol. The summed E-state index contributed by atoms with van der Waals surface area (Å²) in [7, 11) is 0. The van der Waals surface area contributed by atoms with Crippen molar-refractivity contribution in [2.24, 2.45) is 0 Å². The van der Waals surface area contributed by atoms with Crippen molar-refractivity contribution in [1.29, 1.82) is 0 Å². The topological polar surface area (TPSA) is 54.7 Å². The second kappa shape index (κ2) is 4.47. The summed E-state index contributed by atoms with van der Waals surface area (Å²) >= 11 is 9.56. The summed E-state index contributed by atoms with van der Waals surface area (Å²) in [6.45, 7) is 2.04. The highest BCUT2D eigenvalue weighted by atomic mass is 79.9. The number of nitrogens with zero attached hydrogens (tertiary/aromatic N) is 1. The van der Waals surface area contributed by atoms with Crippen molar-refractivity contribution < 1.29 is 0 Å². The molecule has 0 aliphatic carbocycles. The van der Waals surface area contributed by atoms with Crippen molar-refractivity contribution in [2.75, 3.05) is 5.73 Å². The number of nitrogens with one attached hydrogen (secondary N) is 1. The molecule has 84 valence electrons. The van der Waals surface area contributed by atoms with Crippen molar-refractivity contribution in [3.05, 3.63) is 33.3 Å². The van der Waals surface area contributed by atoms with Crippen molar-refractivity contribution in [1.82, 2.24) is 10.2 Å². The summed E-state index contributed by atoms with van der Waals surface area (Å²) in [5.74, 6) is 0.538. The number of benzene rings is 1. The van der Waals surface area contributed by atoms with E-state index in [1.165, 1.54) is 0 Å². The number of hydrogen-bond acceptors (Lipinski definition) is 2. The van der Waals surface area contributed by atoms with Crippen LogP contribution in [0.2, 0.25) is 5.02 Å². The minimum Gasteiger partial charge on any atom is -0.382 e. The van der Waals surface area contributed by atoms with Gasteiger partial charge in [-0.3, -0.25) is 5.10 Å². The van der Waals surface area contributed by atoms with E-state index in [1.54, 1.807) is 0 Å². The molecule has 0 unspecified atom stereocenters. The maximum absolute atomic E-state index is 6.18. The Morgan fingerprint density at radius 2 is 2.25 bits per heavy atom. The van der Waals surface area contributed by atoms with Crippen molar-refractivity contribution in [3.8, 4) is 11.3 Å². The number of aromatic nitrogens is 2. The summed E-state index contributed by atoms with van der Waals surface area (Å²) in [6.07, 6.45) is 0.823. The van der Waals surface area contributed by atoms with Crippen LogP contribution in [0.1, 0.15) is 12.5 Å². The first-order valence-electron chi connectivity index (χ1n) is 4.91. The lowest BCUT2D eigenvalue weighted by Crippen LogP contribution is -1.91. The third-order valence-corrected chi connectivity index (χ3v) is 3.26. The lowest BCUT2D eigenvalue weighted by Gasteiger charge is -2.04. The number of nitrogen functional groups attached to an aromatic ring is 1. The maximum Gasteiger partial charge on any atom is 0.149 e. The minimum atomic E-state index is 0.538. The summed E-state index contributed by atoms with van der Waals surface area (Å²) in [6, 6.07) is 5.74. The van der Waals surface area contributed by atoms with Gasteiger partial charge in [0.2, 0.25) is 0 Å². The van der Waals surface area contributed by atoms with E-state index in [0.29, 0.717) is 10.8 Å². The van der Waals surface area contributed by atoms with Gasteiger partial charge in [0.05, 0.1) is 10.7 Å². The molecule has 0 amide bonds. The van der Waals surface area contributed by atoms with Gasteiger partial charge in [-0.2, -0.15) is 5.10 Å². The quantitative estimate of drug-likeness (QED) is 0.889. The van der Waals surface area contributed by atoms with E-state index < -0.39 is 0 Å². The van der Waals surface area contributed by atoms with Crippen molar-refractivity contribution in [3.63, 3.8) is 0 Å². The molecular weight excluding hydrogens is 289 g/mol. The summed E-state index contributed by atoms with van der Waals surface area (Å²) < 4.78 is 0.951. The van der Waals surface area contributed by atoms with Gasteiger partial charge >= 0.3 is 0 Å². The molecule has 0 atom stereocenters. The Morgan fingerprint density at radius 1 is 1.50 bits per heavy atom. The normalized spacial score (nSPS) is 10.7. The molecule has 0 bridgehead atoms. The van der Waals surface area contributed by atoms with Crippen LogP contribution in [0.4, 0.5) is 5.82 Å². The molecule has 5 heteroatoms. The molecule has 2 rings (SSSR count). The average molecular weight is 301 g/mol. The first kappa shape index (κ1) is 11.5. The minimum absolute atomic E-state index is 0.538. The highest BCUT2D eigenvalue weighted by molar-refractivity contribution is 9.10. The van der Waals surface area contributed by atoms with Crippen LogP contribution in [0.25, 0.3) is 11.3 Å². The van der Waals surface area contributed by atoms with E-state index in [9.17, 15) is 0 Å². The van der Waals surface area contributed by atoms with E-state index in [-0.39, 0.29) is 0 Å². The van der Waals surface area contributed by atoms with Gasteiger partial charge in [-0.15, -0.1) is 0 Å². The fourth-order valence-corrected chi connectivity index (χ4v) is 2.42. The summed E-state index contributed by atoms with van der Waals surface area (Å²) in [5, 5.41) is 7.61. The fourth-order valence-electron chi connectivity index (χ4n) is 1.65. The highest BCUT2D eigenvalue weighted by Gasteiger charge is 2.13. The number of aromatic amines is 1. The first-order valence-corrected chi connectivity index (χ1v) is 6.08. The van der Waals surface area contributed by atoms with Crippen molar-refractivity contribution >= 4 is 33.3 Å². The van der Waals surface area contributed by atoms with E-state index in [0.717, 1.165) is 27.7 Å². The standard InChI is InChI=1S/C11H11BrClN3/c1-2-7-10(15-16-11(7)14)8-4-3-6(12)5-9(8)13/h3-5H,2H2,1H3,(H3,14,15,16). The van der Waals surface area contributed by atoms with Gasteiger partial charge in [-0.1, -0.05) is 40.5 Å². The number of H-pyrrole nitrogens is 1. The Kier molecular flexibility index (Phi) is 3.21. The van der Waals surface area contributed by atoms with Crippen LogP contribution in [0.5, 0.6) is 0 Å². The Bertz CT molecular complexity index is 522. The van der Waals surface area contributed by atoms with E-state index in [4.69, 9.17) is 17.3 Å². The van der Waals surface area contributed by atoms with Crippen LogP contribution in [-0.4, -0.2) is 10.2 Å². The molecule has 1 aromatic carbocycles. The summed E-state index contributed by atoms with van der Waals surface area (Å²) in [5.41, 5.74) is 8.60. The van der Waals surface area contributed by atoms with Gasteiger partial charge in [-0.05, 0) is 18.6 Å². The zero-order valence-electron chi connectivity index (χ0n) is 8.72. The molecule has 0 aliphatic heterocycles. The molecule has 16 heavy (non-hydrogen) atoms. The van der Waals surface area contributed by atoms with Crippen LogP contribution in [0.15, 0.2) is 22.7 Å². The highest BCUT2D eigenvalue weighted by Crippen LogP contribution is 2.33. The lowest BCUT2D eigenvalue weighted by molar-refractivity contribution is 1.10.